The van der Waals surface area contributed by atoms with E-state index >= 15 is 0 Å². The first-order chi connectivity index (χ1) is 15.6. The molecule has 1 aliphatic rings. The second-order valence-electron chi connectivity index (χ2n) is 8.11. The van der Waals surface area contributed by atoms with Gasteiger partial charge in [-0.3, -0.25) is 0 Å². The summed E-state index contributed by atoms with van der Waals surface area (Å²) in [6, 6.07) is 22.3. The van der Waals surface area contributed by atoms with Crippen molar-refractivity contribution in [1.82, 2.24) is 5.16 Å². The van der Waals surface area contributed by atoms with E-state index in [0.717, 1.165) is 29.5 Å². The molecular formula is C27H26N2O3. The number of ether oxygens (including phenoxy) is 1. The maximum atomic E-state index is 12.6. The largest absolute Gasteiger partial charge is 0.461 e. The Bertz CT molecular complexity index is 1120. The van der Waals surface area contributed by atoms with E-state index in [4.69, 9.17) is 9.26 Å². The van der Waals surface area contributed by atoms with Gasteiger partial charge in [0, 0.05) is 11.8 Å². The molecule has 1 aromatic heterocycles. The van der Waals surface area contributed by atoms with Gasteiger partial charge in [0.25, 0.3) is 0 Å². The lowest BCUT2D eigenvalue weighted by atomic mass is 9.77. The number of hydrogen-bond donors (Lipinski definition) is 0. The molecule has 1 aliphatic carbocycles. The van der Waals surface area contributed by atoms with Crippen molar-refractivity contribution in [2.45, 2.75) is 43.9 Å². The SMILES string of the molecule is C=C(CC(c1ccccc1)C(C#N)c1ccccc1)c1c(C(=O)OCC)noc1C1CC1. The van der Waals surface area contributed by atoms with E-state index in [9.17, 15) is 10.1 Å². The van der Waals surface area contributed by atoms with Gasteiger partial charge in [-0.05, 0) is 42.9 Å². The van der Waals surface area contributed by atoms with Crippen molar-refractivity contribution in [3.05, 3.63) is 95.4 Å². The fourth-order valence-corrected chi connectivity index (χ4v) is 4.16. The number of benzene rings is 2. The Balaban J connectivity index is 1.72. The molecule has 2 aromatic carbocycles. The molecule has 1 heterocycles. The lowest BCUT2D eigenvalue weighted by Gasteiger charge is -2.24. The summed E-state index contributed by atoms with van der Waals surface area (Å²) in [5.41, 5.74) is 3.57. The van der Waals surface area contributed by atoms with Crippen molar-refractivity contribution < 1.29 is 14.1 Å². The van der Waals surface area contributed by atoms with Crippen molar-refractivity contribution in [2.24, 2.45) is 0 Å². The summed E-state index contributed by atoms with van der Waals surface area (Å²) in [5.74, 6) is -0.0549. The van der Waals surface area contributed by atoms with Crippen molar-refractivity contribution >= 4 is 11.5 Å². The van der Waals surface area contributed by atoms with E-state index in [-0.39, 0.29) is 30.1 Å². The van der Waals surface area contributed by atoms with Crippen LogP contribution in [0.4, 0.5) is 0 Å². The maximum Gasteiger partial charge on any atom is 0.361 e. The van der Waals surface area contributed by atoms with Crippen LogP contribution < -0.4 is 0 Å². The van der Waals surface area contributed by atoms with Crippen molar-refractivity contribution in [2.75, 3.05) is 6.61 Å². The monoisotopic (exact) mass is 426 g/mol. The number of allylic oxidation sites excluding steroid dienone is 1. The van der Waals surface area contributed by atoms with Crippen LogP contribution in [0.5, 0.6) is 0 Å². The minimum atomic E-state index is -0.504. The van der Waals surface area contributed by atoms with E-state index in [0.29, 0.717) is 17.7 Å². The molecule has 162 valence electrons. The normalized spacial score (nSPS) is 14.9. The number of carbonyl (C=O) groups excluding carboxylic acids is 1. The number of esters is 1. The Labute approximate surface area is 188 Å². The molecule has 2 unspecified atom stereocenters. The Kier molecular flexibility index (Phi) is 6.51. The van der Waals surface area contributed by atoms with Gasteiger partial charge in [-0.1, -0.05) is 72.4 Å². The first-order valence-electron chi connectivity index (χ1n) is 11.0. The number of aromatic nitrogens is 1. The number of nitriles is 1. The molecule has 0 N–H and O–H groups in total. The zero-order chi connectivity index (χ0) is 22.5. The van der Waals surface area contributed by atoms with Crippen LogP contribution in [0.15, 0.2) is 71.8 Å². The third-order valence-electron chi connectivity index (χ3n) is 5.88. The van der Waals surface area contributed by atoms with Gasteiger partial charge in [-0.25, -0.2) is 4.79 Å². The van der Waals surface area contributed by atoms with E-state index in [1.54, 1.807) is 6.92 Å². The fourth-order valence-electron chi connectivity index (χ4n) is 4.16. The van der Waals surface area contributed by atoms with Gasteiger partial charge in [0.05, 0.1) is 24.2 Å². The highest BCUT2D eigenvalue weighted by Gasteiger charge is 2.36. The smallest absolute Gasteiger partial charge is 0.361 e. The molecule has 0 spiro atoms. The highest BCUT2D eigenvalue weighted by atomic mass is 16.5. The van der Waals surface area contributed by atoms with Gasteiger partial charge in [0.1, 0.15) is 5.76 Å². The van der Waals surface area contributed by atoms with Crippen LogP contribution in [-0.4, -0.2) is 17.7 Å². The van der Waals surface area contributed by atoms with Crippen LogP contribution in [0, 0.1) is 11.3 Å². The lowest BCUT2D eigenvalue weighted by molar-refractivity contribution is 0.0514. The third kappa shape index (κ3) is 4.50. The van der Waals surface area contributed by atoms with Crippen molar-refractivity contribution in [3.8, 4) is 6.07 Å². The molecule has 4 rings (SSSR count). The molecule has 32 heavy (non-hydrogen) atoms. The quantitative estimate of drug-likeness (QED) is 0.380. The Morgan fingerprint density at radius 3 is 2.34 bits per heavy atom. The van der Waals surface area contributed by atoms with E-state index in [2.05, 4.69) is 17.8 Å². The number of hydrogen-bond acceptors (Lipinski definition) is 5. The molecule has 0 bridgehead atoms. The third-order valence-corrected chi connectivity index (χ3v) is 5.88. The standard InChI is InChI=1S/C27H26N2O3/c1-3-31-27(30)25-24(26(32-29-25)21-14-15-21)18(2)16-22(19-10-6-4-7-11-19)23(17-28)20-12-8-5-9-13-20/h4-13,21-23H,2-3,14-16H2,1H3. The average Bonchev–Trinajstić information content (AvgIpc) is 3.57. The number of carbonyl (C=O) groups is 1. The van der Waals surface area contributed by atoms with Crippen LogP contribution in [0.2, 0.25) is 0 Å². The molecular weight excluding hydrogens is 400 g/mol. The highest BCUT2D eigenvalue weighted by Crippen LogP contribution is 2.46. The van der Waals surface area contributed by atoms with Crippen LogP contribution in [0.3, 0.4) is 0 Å². The maximum absolute atomic E-state index is 12.6. The fraction of sp³-hybridized carbons (Fsp3) is 0.296. The van der Waals surface area contributed by atoms with Crippen LogP contribution in [0.25, 0.3) is 5.57 Å². The molecule has 5 nitrogen and oxygen atoms in total. The van der Waals surface area contributed by atoms with Gasteiger partial charge in [-0.2, -0.15) is 5.26 Å². The molecule has 2 atom stereocenters. The molecule has 5 heteroatoms. The summed E-state index contributed by atoms with van der Waals surface area (Å²) in [4.78, 5) is 12.6. The lowest BCUT2D eigenvalue weighted by Crippen LogP contribution is -2.13. The van der Waals surface area contributed by atoms with Crippen molar-refractivity contribution in [3.63, 3.8) is 0 Å². The second kappa shape index (κ2) is 9.65. The number of nitrogens with zero attached hydrogens (tertiary/aromatic N) is 2. The molecule has 3 aromatic rings. The predicted molar refractivity (Wildman–Crippen MR) is 122 cm³/mol. The summed E-state index contributed by atoms with van der Waals surface area (Å²) >= 11 is 0. The molecule has 0 saturated heterocycles. The minimum absolute atomic E-state index is 0.145. The average molecular weight is 427 g/mol. The first kappa shape index (κ1) is 21.6. The van der Waals surface area contributed by atoms with E-state index < -0.39 is 5.97 Å². The molecule has 0 amide bonds. The zero-order valence-electron chi connectivity index (χ0n) is 18.2. The Morgan fingerprint density at radius 2 is 1.78 bits per heavy atom. The molecule has 1 fully saturated rings. The minimum Gasteiger partial charge on any atom is -0.461 e. The topological polar surface area (TPSA) is 76.1 Å². The summed E-state index contributed by atoms with van der Waals surface area (Å²) in [7, 11) is 0. The second-order valence-corrected chi connectivity index (χ2v) is 8.11. The Hall–Kier alpha value is -3.65. The van der Waals surface area contributed by atoms with Gasteiger partial charge >= 0.3 is 5.97 Å². The van der Waals surface area contributed by atoms with Gasteiger partial charge in [0.2, 0.25) is 0 Å². The van der Waals surface area contributed by atoms with Gasteiger partial charge in [0.15, 0.2) is 5.69 Å². The summed E-state index contributed by atoms with van der Waals surface area (Å²) in [6.45, 7) is 6.35. The van der Waals surface area contributed by atoms with Gasteiger partial charge in [-0.15, -0.1) is 0 Å². The predicted octanol–water partition coefficient (Wildman–Crippen LogP) is 6.22. The van der Waals surface area contributed by atoms with Crippen LogP contribution >= 0.6 is 0 Å². The van der Waals surface area contributed by atoms with E-state index in [1.165, 1.54) is 0 Å². The summed E-state index contributed by atoms with van der Waals surface area (Å²) in [5, 5.41) is 14.2. The highest BCUT2D eigenvalue weighted by molar-refractivity contribution is 5.93. The van der Waals surface area contributed by atoms with Crippen LogP contribution in [-0.2, 0) is 4.74 Å². The zero-order valence-corrected chi connectivity index (χ0v) is 18.2. The van der Waals surface area contributed by atoms with Gasteiger partial charge < -0.3 is 9.26 Å². The van der Waals surface area contributed by atoms with Crippen LogP contribution in [0.1, 0.15) is 76.9 Å². The van der Waals surface area contributed by atoms with E-state index in [1.807, 2.05) is 60.7 Å². The van der Waals surface area contributed by atoms with Crippen molar-refractivity contribution in [1.29, 1.82) is 5.26 Å². The summed E-state index contributed by atoms with van der Waals surface area (Å²) in [6.07, 6.45) is 2.50. The molecule has 1 saturated carbocycles. The Morgan fingerprint density at radius 1 is 1.16 bits per heavy atom. The molecule has 0 radical (unpaired) electrons. The summed E-state index contributed by atoms with van der Waals surface area (Å²) < 4.78 is 10.8. The number of rotatable bonds is 9. The molecule has 0 aliphatic heterocycles. The first-order valence-corrected chi connectivity index (χ1v) is 11.0.